The van der Waals surface area contributed by atoms with Gasteiger partial charge in [0.15, 0.2) is 11.6 Å². The van der Waals surface area contributed by atoms with Gasteiger partial charge in [-0.05, 0) is 61.4 Å². The topological polar surface area (TPSA) is 75.3 Å². The monoisotopic (exact) mass is 434 g/mol. The molecule has 0 aliphatic rings. The number of nitrogens with one attached hydrogen (secondary N) is 2. The Kier molecular flexibility index (Phi) is 5.84. The Labute approximate surface area is 171 Å². The molecule has 0 unspecified atom stereocenters. The molecular weight excluding hydrogens is 417 g/mol. The van der Waals surface area contributed by atoms with Crippen LogP contribution in [0, 0.1) is 31.3 Å². The molecule has 0 heterocycles. The predicted molar refractivity (Wildman–Crippen MR) is 107 cm³/mol. The summed E-state index contributed by atoms with van der Waals surface area (Å²) in [5.41, 5.74) is 1.55. The average molecular weight is 434 g/mol. The largest absolute Gasteiger partial charge is 0.319 e. The molecule has 2 N–H and O–H groups in total. The molecule has 30 heavy (non-hydrogen) atoms. The van der Waals surface area contributed by atoms with Crippen LogP contribution in [0.4, 0.5) is 24.5 Å². The van der Waals surface area contributed by atoms with Crippen LogP contribution in [0.2, 0.25) is 0 Å². The Morgan fingerprint density at radius 3 is 2.07 bits per heavy atom. The zero-order valence-electron chi connectivity index (χ0n) is 16.0. The van der Waals surface area contributed by atoms with Gasteiger partial charge in [-0.2, -0.15) is 0 Å². The zero-order chi connectivity index (χ0) is 22.1. The normalized spacial score (nSPS) is 11.2. The Balaban J connectivity index is 1.75. The molecule has 156 valence electrons. The van der Waals surface area contributed by atoms with Crippen molar-refractivity contribution in [2.75, 3.05) is 10.0 Å². The van der Waals surface area contributed by atoms with Crippen molar-refractivity contribution in [2.24, 2.45) is 0 Å². The first-order valence-corrected chi connectivity index (χ1v) is 10.2. The summed E-state index contributed by atoms with van der Waals surface area (Å²) in [5.74, 6) is -4.57. The maximum atomic E-state index is 13.7. The number of halogens is 3. The second kappa shape index (κ2) is 8.19. The fourth-order valence-electron chi connectivity index (χ4n) is 2.60. The van der Waals surface area contributed by atoms with E-state index in [1.165, 1.54) is 30.3 Å². The van der Waals surface area contributed by atoms with Crippen molar-refractivity contribution in [1.29, 1.82) is 0 Å². The Morgan fingerprint density at radius 1 is 0.800 bits per heavy atom. The van der Waals surface area contributed by atoms with Gasteiger partial charge in [0.1, 0.15) is 5.82 Å². The minimum atomic E-state index is -3.83. The summed E-state index contributed by atoms with van der Waals surface area (Å²) in [6, 6.07) is 10.9. The smallest absolute Gasteiger partial charge is 0.261 e. The SMILES string of the molecule is Cc1ccc(S(=O)(=O)Nc2ccc(C(=O)Nc3cc(F)c(F)cc3F)cc2)cc1C. The molecule has 5 nitrogen and oxygen atoms in total. The van der Waals surface area contributed by atoms with E-state index in [9.17, 15) is 26.4 Å². The molecule has 3 aromatic carbocycles. The number of carbonyl (C=O) groups is 1. The van der Waals surface area contributed by atoms with Crippen molar-refractivity contribution >= 4 is 27.3 Å². The van der Waals surface area contributed by atoms with Crippen molar-refractivity contribution in [3.63, 3.8) is 0 Å². The van der Waals surface area contributed by atoms with Crippen LogP contribution in [0.1, 0.15) is 21.5 Å². The number of rotatable bonds is 5. The predicted octanol–water partition coefficient (Wildman–Crippen LogP) is 4.77. The van der Waals surface area contributed by atoms with Crippen molar-refractivity contribution < 1.29 is 26.4 Å². The lowest BCUT2D eigenvalue weighted by Gasteiger charge is -2.11. The van der Waals surface area contributed by atoms with E-state index in [0.29, 0.717) is 12.1 Å². The summed E-state index contributed by atoms with van der Waals surface area (Å²) < 4.78 is 67.4. The van der Waals surface area contributed by atoms with Crippen LogP contribution in [-0.2, 0) is 10.0 Å². The minimum Gasteiger partial charge on any atom is -0.319 e. The van der Waals surface area contributed by atoms with Gasteiger partial charge >= 0.3 is 0 Å². The minimum absolute atomic E-state index is 0.0632. The van der Waals surface area contributed by atoms with Crippen LogP contribution in [0.5, 0.6) is 0 Å². The number of benzene rings is 3. The van der Waals surface area contributed by atoms with E-state index in [-0.39, 0.29) is 16.1 Å². The average Bonchev–Trinajstić information content (AvgIpc) is 2.68. The number of sulfonamides is 1. The first-order valence-electron chi connectivity index (χ1n) is 8.73. The summed E-state index contributed by atoms with van der Waals surface area (Å²) >= 11 is 0. The van der Waals surface area contributed by atoms with Crippen LogP contribution >= 0.6 is 0 Å². The zero-order valence-corrected chi connectivity index (χ0v) is 16.8. The Bertz CT molecular complexity index is 1230. The molecule has 0 aliphatic carbocycles. The van der Waals surface area contributed by atoms with E-state index in [4.69, 9.17) is 0 Å². The number of hydrogen-bond donors (Lipinski definition) is 2. The van der Waals surface area contributed by atoms with E-state index >= 15 is 0 Å². The molecular formula is C21H17F3N2O3S. The third-order valence-corrected chi connectivity index (χ3v) is 5.83. The molecule has 0 saturated carbocycles. The highest BCUT2D eigenvalue weighted by Gasteiger charge is 2.16. The summed E-state index contributed by atoms with van der Waals surface area (Å²) in [7, 11) is -3.83. The quantitative estimate of drug-likeness (QED) is 0.568. The fourth-order valence-corrected chi connectivity index (χ4v) is 3.74. The molecule has 3 aromatic rings. The van der Waals surface area contributed by atoms with Gasteiger partial charge in [-0.15, -0.1) is 0 Å². The molecule has 9 heteroatoms. The maximum Gasteiger partial charge on any atom is 0.261 e. The van der Waals surface area contributed by atoms with Crippen LogP contribution < -0.4 is 10.0 Å². The lowest BCUT2D eigenvalue weighted by molar-refractivity contribution is 0.102. The number of aryl methyl sites for hydroxylation is 2. The lowest BCUT2D eigenvalue weighted by atomic mass is 10.1. The first-order chi connectivity index (χ1) is 14.1. The van der Waals surface area contributed by atoms with Gasteiger partial charge in [0.25, 0.3) is 15.9 Å². The third kappa shape index (κ3) is 4.62. The van der Waals surface area contributed by atoms with Crippen molar-refractivity contribution in [3.05, 3.63) is 88.7 Å². The van der Waals surface area contributed by atoms with Gasteiger partial charge in [0.2, 0.25) is 0 Å². The molecule has 0 aromatic heterocycles. The summed E-state index contributed by atoms with van der Waals surface area (Å²) in [6.07, 6.45) is 0. The van der Waals surface area contributed by atoms with Crippen molar-refractivity contribution in [2.45, 2.75) is 18.7 Å². The lowest BCUT2D eigenvalue weighted by Crippen LogP contribution is -2.15. The second-order valence-corrected chi connectivity index (χ2v) is 8.31. The van der Waals surface area contributed by atoms with Crippen molar-refractivity contribution in [1.82, 2.24) is 0 Å². The molecule has 0 saturated heterocycles. The highest BCUT2D eigenvalue weighted by molar-refractivity contribution is 7.92. The van der Waals surface area contributed by atoms with E-state index in [2.05, 4.69) is 10.0 Å². The molecule has 0 atom stereocenters. The van der Waals surface area contributed by atoms with Gasteiger partial charge in [-0.25, -0.2) is 21.6 Å². The molecule has 0 bridgehead atoms. The van der Waals surface area contributed by atoms with Crippen LogP contribution in [0.15, 0.2) is 59.5 Å². The van der Waals surface area contributed by atoms with E-state index in [1.54, 1.807) is 19.1 Å². The third-order valence-electron chi connectivity index (χ3n) is 4.45. The molecule has 0 fully saturated rings. The summed E-state index contributed by atoms with van der Waals surface area (Å²) in [5, 5.41) is 2.14. The summed E-state index contributed by atoms with van der Waals surface area (Å²) in [6.45, 7) is 3.67. The van der Waals surface area contributed by atoms with Gasteiger partial charge in [0, 0.05) is 23.4 Å². The Hall–Kier alpha value is -3.33. The number of carbonyl (C=O) groups excluding carboxylic acids is 1. The van der Waals surface area contributed by atoms with Crippen molar-refractivity contribution in [3.8, 4) is 0 Å². The Morgan fingerprint density at radius 2 is 1.43 bits per heavy atom. The standard InChI is InChI=1S/C21H17F3N2O3S/c1-12-3-8-16(9-13(12)2)30(28,29)26-15-6-4-14(5-7-15)21(27)25-20-11-18(23)17(22)10-19(20)24/h3-11,26H,1-2H3,(H,25,27). The number of amides is 1. The second-order valence-electron chi connectivity index (χ2n) is 6.63. The molecule has 3 rings (SSSR count). The number of hydrogen-bond acceptors (Lipinski definition) is 3. The fraction of sp³-hybridized carbons (Fsp3) is 0.0952. The van der Waals surface area contributed by atoms with Crippen LogP contribution in [0.25, 0.3) is 0 Å². The summed E-state index contributed by atoms with van der Waals surface area (Å²) in [4.78, 5) is 12.3. The van der Waals surface area contributed by atoms with E-state index in [0.717, 1.165) is 11.1 Å². The van der Waals surface area contributed by atoms with Gasteiger partial charge in [-0.1, -0.05) is 6.07 Å². The molecule has 0 aliphatic heterocycles. The van der Waals surface area contributed by atoms with Crippen LogP contribution in [-0.4, -0.2) is 14.3 Å². The molecule has 0 spiro atoms. The molecule has 0 radical (unpaired) electrons. The maximum absolute atomic E-state index is 13.7. The molecule has 1 amide bonds. The van der Waals surface area contributed by atoms with Gasteiger partial charge < -0.3 is 5.32 Å². The van der Waals surface area contributed by atoms with Gasteiger partial charge in [0.05, 0.1) is 10.6 Å². The van der Waals surface area contributed by atoms with Crippen LogP contribution in [0.3, 0.4) is 0 Å². The first kappa shape index (κ1) is 21.4. The van der Waals surface area contributed by atoms with E-state index in [1.807, 2.05) is 6.92 Å². The van der Waals surface area contributed by atoms with Gasteiger partial charge in [-0.3, -0.25) is 9.52 Å². The number of anilines is 2. The van der Waals surface area contributed by atoms with E-state index < -0.39 is 39.1 Å². The highest BCUT2D eigenvalue weighted by atomic mass is 32.2. The highest BCUT2D eigenvalue weighted by Crippen LogP contribution is 2.21.